The normalized spacial score (nSPS) is 12.9. The number of halogens is 2. The molecule has 0 aromatic heterocycles. The lowest BCUT2D eigenvalue weighted by Crippen LogP contribution is -2.19. The van der Waals surface area contributed by atoms with Crippen LogP contribution in [0.3, 0.4) is 0 Å². The van der Waals surface area contributed by atoms with Crippen LogP contribution < -0.4 is 5.73 Å². The van der Waals surface area contributed by atoms with E-state index in [1.165, 1.54) is 13.2 Å². The molecule has 0 aliphatic heterocycles. The molecule has 15 heavy (non-hydrogen) atoms. The van der Waals surface area contributed by atoms with Crippen LogP contribution in [0, 0.1) is 11.6 Å². The number of aliphatic hydroxyl groups is 1. The monoisotopic (exact) mass is 217 g/mol. The summed E-state index contributed by atoms with van der Waals surface area (Å²) < 4.78 is 31.6. The molecule has 3 N–H and O–H groups in total. The second-order valence-corrected chi connectivity index (χ2v) is 3.16. The third-order valence-electron chi connectivity index (χ3n) is 2.07. The van der Waals surface area contributed by atoms with Crippen molar-refractivity contribution in [2.45, 2.75) is 12.6 Å². The number of aliphatic hydroxyl groups excluding tert-OH is 1. The molecule has 1 aromatic rings. The van der Waals surface area contributed by atoms with Gasteiger partial charge < -0.3 is 15.6 Å². The molecule has 1 rings (SSSR count). The molecule has 0 bridgehead atoms. The highest BCUT2D eigenvalue weighted by Gasteiger charge is 2.18. The van der Waals surface area contributed by atoms with E-state index < -0.39 is 24.3 Å². The Morgan fingerprint density at radius 3 is 2.67 bits per heavy atom. The number of methoxy groups -OCH3 is 1. The van der Waals surface area contributed by atoms with Gasteiger partial charge in [0, 0.05) is 18.2 Å². The van der Waals surface area contributed by atoms with Gasteiger partial charge in [0.25, 0.3) is 0 Å². The van der Waals surface area contributed by atoms with Crippen molar-refractivity contribution in [3.8, 4) is 0 Å². The average Bonchev–Trinajstić information content (AvgIpc) is 2.22. The summed E-state index contributed by atoms with van der Waals surface area (Å²) in [5.74, 6) is -1.51. The van der Waals surface area contributed by atoms with Crippen LogP contribution in [0.2, 0.25) is 0 Å². The van der Waals surface area contributed by atoms with Crippen molar-refractivity contribution < 1.29 is 18.6 Å². The van der Waals surface area contributed by atoms with Gasteiger partial charge in [0.05, 0.1) is 19.3 Å². The first-order valence-electron chi connectivity index (χ1n) is 4.44. The van der Waals surface area contributed by atoms with Crippen molar-refractivity contribution in [1.82, 2.24) is 0 Å². The fourth-order valence-corrected chi connectivity index (χ4v) is 1.31. The zero-order chi connectivity index (χ0) is 11.4. The van der Waals surface area contributed by atoms with Gasteiger partial charge in [0.1, 0.15) is 11.6 Å². The number of rotatable bonds is 4. The van der Waals surface area contributed by atoms with Crippen LogP contribution in [0.25, 0.3) is 0 Å². The highest BCUT2D eigenvalue weighted by atomic mass is 19.1. The quantitative estimate of drug-likeness (QED) is 0.794. The van der Waals surface area contributed by atoms with Crippen LogP contribution in [0.15, 0.2) is 12.1 Å². The number of hydrogen-bond donors (Lipinski definition) is 2. The molecule has 3 nitrogen and oxygen atoms in total. The molecule has 0 aliphatic carbocycles. The molecule has 0 heterocycles. The van der Waals surface area contributed by atoms with Crippen molar-refractivity contribution in [1.29, 1.82) is 0 Å². The predicted molar refractivity (Wildman–Crippen MR) is 51.1 cm³/mol. The van der Waals surface area contributed by atoms with Gasteiger partial charge in [-0.15, -0.1) is 0 Å². The fraction of sp³-hybridized carbons (Fsp3) is 0.400. The molecule has 0 saturated carbocycles. The fourth-order valence-electron chi connectivity index (χ4n) is 1.31. The molecule has 0 saturated heterocycles. The SMILES string of the molecule is COCc1ccc(F)c(C(N)CO)c1F. The van der Waals surface area contributed by atoms with E-state index in [1.54, 1.807) is 0 Å². The molecule has 1 aromatic carbocycles. The van der Waals surface area contributed by atoms with Crippen molar-refractivity contribution >= 4 is 0 Å². The lowest BCUT2D eigenvalue weighted by Gasteiger charge is -2.13. The van der Waals surface area contributed by atoms with E-state index in [0.717, 1.165) is 6.07 Å². The molecule has 1 unspecified atom stereocenters. The first kappa shape index (κ1) is 12.0. The van der Waals surface area contributed by atoms with Crippen LogP contribution in [-0.2, 0) is 11.3 Å². The minimum atomic E-state index is -1.05. The maximum atomic E-state index is 13.6. The Morgan fingerprint density at radius 2 is 2.13 bits per heavy atom. The van der Waals surface area contributed by atoms with Gasteiger partial charge in [-0.1, -0.05) is 6.07 Å². The lowest BCUT2D eigenvalue weighted by molar-refractivity contribution is 0.180. The molecule has 0 aliphatic rings. The third kappa shape index (κ3) is 2.50. The summed E-state index contributed by atoms with van der Waals surface area (Å²) in [4.78, 5) is 0. The maximum Gasteiger partial charge on any atom is 0.136 e. The molecule has 1 atom stereocenters. The first-order valence-corrected chi connectivity index (χ1v) is 4.44. The van der Waals surface area contributed by atoms with E-state index in [4.69, 9.17) is 15.6 Å². The summed E-state index contributed by atoms with van der Waals surface area (Å²) in [6, 6.07) is 1.35. The Morgan fingerprint density at radius 1 is 1.47 bits per heavy atom. The van der Waals surface area contributed by atoms with E-state index >= 15 is 0 Å². The molecular weight excluding hydrogens is 204 g/mol. The zero-order valence-corrected chi connectivity index (χ0v) is 8.34. The Kier molecular flexibility index (Phi) is 4.14. The summed E-state index contributed by atoms with van der Waals surface area (Å²) in [5, 5.41) is 8.77. The standard InChI is InChI=1S/C10H13F2NO2/c1-15-5-6-2-3-7(11)9(10(6)12)8(13)4-14/h2-3,8,14H,4-5,13H2,1H3. The van der Waals surface area contributed by atoms with Crippen LogP contribution in [0.4, 0.5) is 8.78 Å². The van der Waals surface area contributed by atoms with Crippen molar-refractivity contribution in [3.63, 3.8) is 0 Å². The number of nitrogens with two attached hydrogens (primary N) is 1. The molecule has 0 fully saturated rings. The van der Waals surface area contributed by atoms with Crippen molar-refractivity contribution in [2.75, 3.05) is 13.7 Å². The Hall–Kier alpha value is -1.04. The van der Waals surface area contributed by atoms with Gasteiger partial charge in [-0.2, -0.15) is 0 Å². The highest BCUT2D eigenvalue weighted by molar-refractivity contribution is 5.29. The average molecular weight is 217 g/mol. The largest absolute Gasteiger partial charge is 0.394 e. The van der Waals surface area contributed by atoms with Crippen molar-refractivity contribution in [3.05, 3.63) is 34.9 Å². The van der Waals surface area contributed by atoms with Crippen molar-refractivity contribution in [2.24, 2.45) is 5.73 Å². The second kappa shape index (κ2) is 5.16. The minimum Gasteiger partial charge on any atom is -0.394 e. The van der Waals surface area contributed by atoms with Gasteiger partial charge in [-0.25, -0.2) is 8.78 Å². The van der Waals surface area contributed by atoms with E-state index in [9.17, 15) is 8.78 Å². The lowest BCUT2D eigenvalue weighted by atomic mass is 10.0. The zero-order valence-electron chi connectivity index (χ0n) is 8.34. The Labute approximate surface area is 86.5 Å². The second-order valence-electron chi connectivity index (χ2n) is 3.16. The van der Waals surface area contributed by atoms with Crippen LogP contribution in [0.1, 0.15) is 17.2 Å². The van der Waals surface area contributed by atoms with Crippen LogP contribution >= 0.6 is 0 Å². The molecular formula is C10H13F2NO2. The van der Waals surface area contributed by atoms with E-state index in [1.807, 2.05) is 0 Å². The summed E-state index contributed by atoms with van der Waals surface area (Å²) in [5.41, 5.74) is 5.31. The molecule has 5 heteroatoms. The van der Waals surface area contributed by atoms with Gasteiger partial charge in [-0.05, 0) is 6.07 Å². The topological polar surface area (TPSA) is 55.5 Å². The van der Waals surface area contributed by atoms with Gasteiger partial charge in [-0.3, -0.25) is 0 Å². The third-order valence-corrected chi connectivity index (χ3v) is 2.07. The summed E-state index contributed by atoms with van der Waals surface area (Å²) in [6.45, 7) is -0.471. The van der Waals surface area contributed by atoms with Gasteiger partial charge >= 0.3 is 0 Å². The summed E-state index contributed by atoms with van der Waals surface area (Å²) >= 11 is 0. The number of ether oxygens (including phenoxy) is 1. The summed E-state index contributed by atoms with van der Waals surface area (Å²) in [6.07, 6.45) is 0. The van der Waals surface area contributed by atoms with E-state index in [2.05, 4.69) is 0 Å². The summed E-state index contributed by atoms with van der Waals surface area (Å²) in [7, 11) is 1.41. The smallest absolute Gasteiger partial charge is 0.136 e. The van der Waals surface area contributed by atoms with Crippen LogP contribution in [-0.4, -0.2) is 18.8 Å². The Balaban J connectivity index is 3.17. The van der Waals surface area contributed by atoms with Crippen LogP contribution in [0.5, 0.6) is 0 Å². The molecule has 0 amide bonds. The van der Waals surface area contributed by atoms with Gasteiger partial charge in [0.15, 0.2) is 0 Å². The molecule has 0 spiro atoms. The highest BCUT2D eigenvalue weighted by Crippen LogP contribution is 2.22. The Bertz CT molecular complexity index is 344. The molecule has 0 radical (unpaired) electrons. The van der Waals surface area contributed by atoms with E-state index in [-0.39, 0.29) is 17.7 Å². The molecule has 84 valence electrons. The number of hydrogen-bond acceptors (Lipinski definition) is 3. The predicted octanol–water partition coefficient (Wildman–Crippen LogP) is 1.10. The first-order chi connectivity index (χ1) is 7.11. The maximum absolute atomic E-state index is 13.6. The number of benzene rings is 1. The van der Waals surface area contributed by atoms with Gasteiger partial charge in [0.2, 0.25) is 0 Å². The van der Waals surface area contributed by atoms with E-state index in [0.29, 0.717) is 0 Å². The minimum absolute atomic E-state index is 0.0390.